The van der Waals surface area contributed by atoms with Gasteiger partial charge in [-0.25, -0.2) is 0 Å². The van der Waals surface area contributed by atoms with Crippen molar-refractivity contribution >= 4 is 5.91 Å². The molecule has 0 bridgehead atoms. The highest BCUT2D eigenvalue weighted by atomic mass is 16.2. The summed E-state index contributed by atoms with van der Waals surface area (Å²) in [7, 11) is 0. The summed E-state index contributed by atoms with van der Waals surface area (Å²) in [5.74, 6) is 0.100. The molecule has 1 saturated carbocycles. The molecule has 0 heterocycles. The van der Waals surface area contributed by atoms with Gasteiger partial charge in [0.15, 0.2) is 0 Å². The van der Waals surface area contributed by atoms with E-state index in [1.165, 1.54) is 0 Å². The number of rotatable bonds is 3. The fourth-order valence-electron chi connectivity index (χ4n) is 2.63. The molecule has 0 saturated heterocycles. The maximum atomic E-state index is 12.2. The number of hydrogen-bond acceptors (Lipinski definition) is 2. The maximum Gasteiger partial charge on any atom is 0.225 e. The van der Waals surface area contributed by atoms with Crippen molar-refractivity contribution in [2.75, 3.05) is 0 Å². The van der Waals surface area contributed by atoms with Gasteiger partial charge in [0.2, 0.25) is 5.91 Å². The maximum absolute atomic E-state index is 12.2. The Morgan fingerprint density at radius 3 is 2.61 bits per heavy atom. The van der Waals surface area contributed by atoms with E-state index < -0.39 is 0 Å². The fourth-order valence-corrected chi connectivity index (χ4v) is 2.63. The number of carbonyl (C=O) groups is 1. The van der Waals surface area contributed by atoms with Crippen LogP contribution >= 0.6 is 0 Å². The second-order valence-corrected chi connectivity index (χ2v) is 5.20. The zero-order chi connectivity index (χ0) is 13.0. The largest absolute Gasteiger partial charge is 0.349 e. The van der Waals surface area contributed by atoms with Crippen molar-refractivity contribution in [1.29, 1.82) is 0 Å². The van der Waals surface area contributed by atoms with Gasteiger partial charge in [-0.15, -0.1) is 0 Å². The van der Waals surface area contributed by atoms with Crippen LogP contribution in [0.15, 0.2) is 30.3 Å². The van der Waals surface area contributed by atoms with Crippen LogP contribution in [-0.4, -0.2) is 11.9 Å². The van der Waals surface area contributed by atoms with E-state index in [0.717, 1.165) is 31.2 Å². The van der Waals surface area contributed by atoms with Crippen molar-refractivity contribution in [2.45, 2.75) is 44.7 Å². The number of nitrogens with one attached hydrogen (secondary N) is 1. The van der Waals surface area contributed by atoms with Crippen molar-refractivity contribution in [2.24, 2.45) is 11.7 Å². The van der Waals surface area contributed by atoms with Gasteiger partial charge in [0.05, 0.1) is 12.0 Å². The lowest BCUT2D eigenvalue weighted by Crippen LogP contribution is -2.44. The molecule has 98 valence electrons. The van der Waals surface area contributed by atoms with Crippen LogP contribution in [0.4, 0.5) is 0 Å². The number of amides is 1. The Morgan fingerprint density at radius 1 is 1.28 bits per heavy atom. The average molecular weight is 246 g/mol. The van der Waals surface area contributed by atoms with E-state index in [1.54, 1.807) is 0 Å². The first-order valence-corrected chi connectivity index (χ1v) is 6.79. The minimum absolute atomic E-state index is 0.00934. The molecule has 0 aliphatic heterocycles. The molecule has 3 nitrogen and oxygen atoms in total. The zero-order valence-corrected chi connectivity index (χ0v) is 10.9. The van der Waals surface area contributed by atoms with Crippen LogP contribution in [0.2, 0.25) is 0 Å². The van der Waals surface area contributed by atoms with Crippen molar-refractivity contribution in [1.82, 2.24) is 5.32 Å². The lowest BCUT2D eigenvalue weighted by molar-refractivity contribution is -0.127. The van der Waals surface area contributed by atoms with Crippen molar-refractivity contribution in [3.05, 3.63) is 35.9 Å². The van der Waals surface area contributed by atoms with Gasteiger partial charge in [0.25, 0.3) is 0 Å². The van der Waals surface area contributed by atoms with E-state index >= 15 is 0 Å². The van der Waals surface area contributed by atoms with Gasteiger partial charge in [-0.05, 0) is 25.3 Å². The Labute approximate surface area is 109 Å². The molecule has 1 aliphatic rings. The summed E-state index contributed by atoms with van der Waals surface area (Å²) >= 11 is 0. The molecule has 3 atom stereocenters. The predicted octanol–water partition coefficient (Wildman–Crippen LogP) is 2.38. The molecule has 2 unspecified atom stereocenters. The zero-order valence-electron chi connectivity index (χ0n) is 10.9. The molecule has 0 spiro atoms. The highest BCUT2D eigenvalue weighted by Gasteiger charge is 2.28. The van der Waals surface area contributed by atoms with E-state index in [-0.39, 0.29) is 23.9 Å². The molecular weight excluding hydrogens is 224 g/mol. The Morgan fingerprint density at radius 2 is 1.94 bits per heavy atom. The summed E-state index contributed by atoms with van der Waals surface area (Å²) in [4.78, 5) is 12.2. The summed E-state index contributed by atoms with van der Waals surface area (Å²) in [6.45, 7) is 2.02. The standard InChI is InChI=1S/C15H22N2O/c1-11(12-7-3-2-4-8-12)17-15(18)13-9-5-6-10-14(13)16/h2-4,7-8,11,13-14H,5-6,9-10,16H2,1H3,(H,17,18)/t11-,13?,14?/m1/s1. The van der Waals surface area contributed by atoms with Gasteiger partial charge in [0.1, 0.15) is 0 Å². The monoisotopic (exact) mass is 246 g/mol. The van der Waals surface area contributed by atoms with Crippen molar-refractivity contribution in [3.8, 4) is 0 Å². The van der Waals surface area contributed by atoms with Gasteiger partial charge < -0.3 is 11.1 Å². The molecule has 1 amide bonds. The van der Waals surface area contributed by atoms with Gasteiger partial charge in [-0.3, -0.25) is 4.79 Å². The van der Waals surface area contributed by atoms with Crippen LogP contribution < -0.4 is 11.1 Å². The third-order valence-corrected chi connectivity index (χ3v) is 3.81. The number of carbonyl (C=O) groups excluding carboxylic acids is 1. The Bertz CT molecular complexity index is 391. The highest BCUT2D eigenvalue weighted by Crippen LogP contribution is 2.24. The van der Waals surface area contributed by atoms with Crippen LogP contribution in [-0.2, 0) is 4.79 Å². The number of benzene rings is 1. The molecule has 1 aliphatic carbocycles. The third-order valence-electron chi connectivity index (χ3n) is 3.81. The van der Waals surface area contributed by atoms with Gasteiger partial charge >= 0.3 is 0 Å². The lowest BCUT2D eigenvalue weighted by atomic mass is 9.84. The molecule has 0 aromatic heterocycles. The first-order chi connectivity index (χ1) is 8.68. The summed E-state index contributed by atoms with van der Waals surface area (Å²) in [6, 6.07) is 10.1. The lowest BCUT2D eigenvalue weighted by Gasteiger charge is -2.28. The number of nitrogens with two attached hydrogens (primary N) is 1. The molecule has 3 N–H and O–H groups in total. The SMILES string of the molecule is C[C@@H](NC(=O)C1CCCCC1N)c1ccccc1. The molecule has 1 aromatic rings. The Balaban J connectivity index is 1.94. The molecule has 2 rings (SSSR count). The molecule has 1 aromatic carbocycles. The quantitative estimate of drug-likeness (QED) is 0.860. The number of hydrogen-bond donors (Lipinski definition) is 2. The smallest absolute Gasteiger partial charge is 0.225 e. The van der Waals surface area contributed by atoms with Gasteiger partial charge in [-0.2, -0.15) is 0 Å². The second-order valence-electron chi connectivity index (χ2n) is 5.20. The van der Waals surface area contributed by atoms with Crippen LogP contribution in [0.5, 0.6) is 0 Å². The topological polar surface area (TPSA) is 55.1 Å². The van der Waals surface area contributed by atoms with Crippen LogP contribution in [0.3, 0.4) is 0 Å². The molecule has 1 fully saturated rings. The van der Waals surface area contributed by atoms with E-state index in [1.807, 2.05) is 37.3 Å². The first kappa shape index (κ1) is 13.1. The van der Waals surface area contributed by atoms with E-state index in [2.05, 4.69) is 5.32 Å². The van der Waals surface area contributed by atoms with Gasteiger partial charge in [0, 0.05) is 6.04 Å². The van der Waals surface area contributed by atoms with Crippen molar-refractivity contribution in [3.63, 3.8) is 0 Å². The minimum atomic E-state index is -0.00934. The van der Waals surface area contributed by atoms with Crippen molar-refractivity contribution < 1.29 is 4.79 Å². The Kier molecular flexibility index (Phi) is 4.37. The second kappa shape index (κ2) is 6.01. The third kappa shape index (κ3) is 3.10. The highest BCUT2D eigenvalue weighted by molar-refractivity contribution is 5.79. The summed E-state index contributed by atoms with van der Waals surface area (Å²) in [5, 5.41) is 3.08. The first-order valence-electron chi connectivity index (χ1n) is 6.79. The Hall–Kier alpha value is -1.35. The fraction of sp³-hybridized carbons (Fsp3) is 0.533. The van der Waals surface area contributed by atoms with E-state index in [0.29, 0.717) is 0 Å². The molecule has 18 heavy (non-hydrogen) atoms. The predicted molar refractivity (Wildman–Crippen MR) is 72.9 cm³/mol. The average Bonchev–Trinajstić information content (AvgIpc) is 2.40. The summed E-state index contributed by atoms with van der Waals surface area (Å²) in [6.07, 6.45) is 4.16. The van der Waals surface area contributed by atoms with Crippen LogP contribution in [0, 0.1) is 5.92 Å². The van der Waals surface area contributed by atoms with Crippen LogP contribution in [0.25, 0.3) is 0 Å². The summed E-state index contributed by atoms with van der Waals surface area (Å²) in [5.41, 5.74) is 7.17. The van der Waals surface area contributed by atoms with E-state index in [4.69, 9.17) is 5.73 Å². The minimum Gasteiger partial charge on any atom is -0.349 e. The molecule has 3 heteroatoms. The molecule has 0 radical (unpaired) electrons. The summed E-state index contributed by atoms with van der Waals surface area (Å²) < 4.78 is 0. The van der Waals surface area contributed by atoms with E-state index in [9.17, 15) is 4.79 Å². The van der Waals surface area contributed by atoms with Gasteiger partial charge in [-0.1, -0.05) is 43.2 Å². The molecular formula is C15H22N2O. The normalized spacial score (nSPS) is 25.4. The van der Waals surface area contributed by atoms with Crippen LogP contribution in [0.1, 0.15) is 44.2 Å².